The van der Waals surface area contributed by atoms with Crippen LogP contribution in [0, 0.1) is 0 Å². The van der Waals surface area contributed by atoms with E-state index in [9.17, 15) is 4.79 Å². The van der Waals surface area contributed by atoms with Crippen LogP contribution in [0.15, 0.2) is 109 Å². The first kappa shape index (κ1) is 27.4. The number of ether oxygens (including phenoxy) is 1. The van der Waals surface area contributed by atoms with Crippen LogP contribution in [0.3, 0.4) is 0 Å². The first-order valence-corrected chi connectivity index (χ1v) is 14.1. The molecular formula is C33H32Cl2N2O2. The minimum absolute atomic E-state index is 0.242. The van der Waals surface area contributed by atoms with Crippen LogP contribution in [0.2, 0.25) is 10.0 Å². The van der Waals surface area contributed by atoms with Crippen LogP contribution >= 0.6 is 23.2 Å². The molecule has 0 aliphatic carbocycles. The van der Waals surface area contributed by atoms with Crippen LogP contribution in [-0.2, 0) is 21.6 Å². The van der Waals surface area contributed by atoms with Gasteiger partial charge in [-0.05, 0) is 35.7 Å². The summed E-state index contributed by atoms with van der Waals surface area (Å²) in [5, 5.41) is 1.19. The molecule has 4 nitrogen and oxygen atoms in total. The Morgan fingerprint density at radius 2 is 1.26 bits per heavy atom. The highest BCUT2D eigenvalue weighted by molar-refractivity contribution is 6.35. The molecule has 0 bridgehead atoms. The number of esters is 1. The van der Waals surface area contributed by atoms with Crippen LogP contribution in [0.1, 0.15) is 29.2 Å². The van der Waals surface area contributed by atoms with Crippen molar-refractivity contribution in [3.63, 3.8) is 0 Å². The molecular weight excluding hydrogens is 527 g/mol. The summed E-state index contributed by atoms with van der Waals surface area (Å²) in [5.41, 5.74) is 3.65. The van der Waals surface area contributed by atoms with Gasteiger partial charge >= 0.3 is 5.97 Å². The van der Waals surface area contributed by atoms with Gasteiger partial charge in [0.05, 0.1) is 12.1 Å². The number of hydrogen-bond donors (Lipinski definition) is 0. The molecule has 0 spiro atoms. The van der Waals surface area contributed by atoms with Gasteiger partial charge in [0.15, 0.2) is 0 Å². The van der Waals surface area contributed by atoms with Crippen molar-refractivity contribution >= 4 is 29.2 Å². The maximum atomic E-state index is 13.5. The highest BCUT2D eigenvalue weighted by Gasteiger charge is 2.46. The first-order valence-electron chi connectivity index (χ1n) is 13.3. The number of rotatable bonds is 8. The fourth-order valence-corrected chi connectivity index (χ4v) is 6.27. The van der Waals surface area contributed by atoms with Crippen LogP contribution in [0.5, 0.6) is 0 Å². The van der Waals surface area contributed by atoms with E-state index in [4.69, 9.17) is 27.9 Å². The van der Waals surface area contributed by atoms with Gasteiger partial charge in [0.1, 0.15) is 6.04 Å². The molecule has 0 aromatic heterocycles. The van der Waals surface area contributed by atoms with Gasteiger partial charge in [0, 0.05) is 41.8 Å². The summed E-state index contributed by atoms with van der Waals surface area (Å²) in [6.45, 7) is 4.45. The van der Waals surface area contributed by atoms with Crippen LogP contribution in [0.25, 0.3) is 0 Å². The van der Waals surface area contributed by atoms with Crippen molar-refractivity contribution in [2.75, 3.05) is 26.2 Å². The summed E-state index contributed by atoms with van der Waals surface area (Å²) in [4.78, 5) is 18.1. The smallest absolute Gasteiger partial charge is 0.324 e. The summed E-state index contributed by atoms with van der Waals surface area (Å²) in [6, 6.07) is 36.6. The normalized spacial score (nSPS) is 16.6. The standard InChI is InChI=1S/C33H32Cl2N2O2/c1-2-39-32(38)31-24-37(22-21-36(31)23-28-29(34)19-12-20-30(28)35)33(25-13-6-3-7-14-25,26-15-8-4-9-16-26)27-17-10-5-11-18-27/h3-20,31H,2,21-24H2,1H3. The molecule has 1 unspecified atom stereocenters. The Morgan fingerprint density at radius 1 is 0.769 bits per heavy atom. The van der Waals surface area contributed by atoms with Crippen LogP contribution in [-0.4, -0.2) is 48.1 Å². The minimum atomic E-state index is -0.608. The Morgan fingerprint density at radius 3 is 1.72 bits per heavy atom. The van der Waals surface area contributed by atoms with Crippen LogP contribution in [0.4, 0.5) is 0 Å². The van der Waals surface area contributed by atoms with E-state index < -0.39 is 11.6 Å². The number of carbonyl (C=O) groups is 1. The quantitative estimate of drug-likeness (QED) is 0.171. The fourth-order valence-electron chi connectivity index (χ4n) is 5.75. The minimum Gasteiger partial charge on any atom is -0.465 e. The van der Waals surface area contributed by atoms with Crippen molar-refractivity contribution in [1.29, 1.82) is 0 Å². The summed E-state index contributed by atoms with van der Waals surface area (Å²) in [7, 11) is 0. The van der Waals surface area contributed by atoms with E-state index in [1.54, 1.807) is 0 Å². The van der Waals surface area contributed by atoms with Gasteiger partial charge in [-0.3, -0.25) is 14.6 Å². The summed E-state index contributed by atoms with van der Waals surface area (Å²) < 4.78 is 5.61. The molecule has 1 fully saturated rings. The van der Waals surface area contributed by atoms with Crippen molar-refractivity contribution in [3.05, 3.63) is 141 Å². The SMILES string of the molecule is CCOC(=O)C1CN(C(c2ccccc2)(c2ccccc2)c2ccccc2)CCN1Cc1c(Cl)cccc1Cl. The molecule has 4 aromatic rings. The Kier molecular flexibility index (Phi) is 8.69. The zero-order valence-corrected chi connectivity index (χ0v) is 23.5. The zero-order chi connectivity index (χ0) is 27.2. The third kappa shape index (κ3) is 5.48. The van der Waals surface area contributed by atoms with Crippen molar-refractivity contribution in [1.82, 2.24) is 9.80 Å². The lowest BCUT2D eigenvalue weighted by Crippen LogP contribution is -2.62. The van der Waals surface area contributed by atoms with Gasteiger partial charge in [0.2, 0.25) is 0 Å². The molecule has 5 rings (SSSR count). The highest BCUT2D eigenvalue weighted by atomic mass is 35.5. The maximum Gasteiger partial charge on any atom is 0.324 e. The monoisotopic (exact) mass is 558 g/mol. The predicted octanol–water partition coefficient (Wildman–Crippen LogP) is 7.03. The molecule has 39 heavy (non-hydrogen) atoms. The van der Waals surface area contributed by atoms with E-state index in [-0.39, 0.29) is 5.97 Å². The number of nitrogens with zero attached hydrogens (tertiary/aromatic N) is 2. The Bertz CT molecular complexity index is 1270. The Labute approximate surface area is 240 Å². The predicted molar refractivity (Wildman–Crippen MR) is 158 cm³/mol. The van der Waals surface area contributed by atoms with Gasteiger partial charge in [0.25, 0.3) is 0 Å². The number of carbonyl (C=O) groups excluding carboxylic acids is 1. The Hall–Kier alpha value is -3.15. The Balaban J connectivity index is 1.62. The molecule has 1 saturated heterocycles. The zero-order valence-electron chi connectivity index (χ0n) is 22.0. The summed E-state index contributed by atoms with van der Waals surface area (Å²) in [6.07, 6.45) is 0. The van der Waals surface area contributed by atoms with E-state index in [0.717, 1.165) is 28.8 Å². The molecule has 200 valence electrons. The third-order valence-electron chi connectivity index (χ3n) is 7.52. The number of halogens is 2. The fraction of sp³-hybridized carbons (Fsp3) is 0.242. The molecule has 0 radical (unpaired) electrons. The van der Waals surface area contributed by atoms with Gasteiger partial charge in [-0.25, -0.2) is 0 Å². The van der Waals surface area contributed by atoms with Crippen molar-refractivity contribution in [2.24, 2.45) is 0 Å². The summed E-state index contributed by atoms with van der Waals surface area (Å²) >= 11 is 13.1. The molecule has 0 N–H and O–H groups in total. The molecule has 1 heterocycles. The lowest BCUT2D eigenvalue weighted by molar-refractivity contribution is -0.153. The van der Waals surface area contributed by atoms with E-state index in [0.29, 0.717) is 36.3 Å². The van der Waals surface area contributed by atoms with E-state index in [1.165, 1.54) is 0 Å². The molecule has 1 atom stereocenters. The van der Waals surface area contributed by atoms with Gasteiger partial charge < -0.3 is 4.74 Å². The second-order valence-corrected chi connectivity index (χ2v) is 10.5. The van der Waals surface area contributed by atoms with Gasteiger partial charge in [-0.15, -0.1) is 0 Å². The molecule has 4 aromatic carbocycles. The average Bonchev–Trinajstić information content (AvgIpc) is 2.98. The maximum absolute atomic E-state index is 13.5. The largest absolute Gasteiger partial charge is 0.465 e. The number of benzene rings is 4. The number of hydrogen-bond acceptors (Lipinski definition) is 4. The topological polar surface area (TPSA) is 32.8 Å². The lowest BCUT2D eigenvalue weighted by atomic mass is 9.75. The molecule has 0 saturated carbocycles. The molecule has 1 aliphatic heterocycles. The van der Waals surface area contributed by atoms with Crippen molar-refractivity contribution < 1.29 is 9.53 Å². The lowest BCUT2D eigenvalue weighted by Gasteiger charge is -2.51. The molecule has 1 aliphatic rings. The van der Waals surface area contributed by atoms with E-state index in [1.807, 2.05) is 43.3 Å². The van der Waals surface area contributed by atoms with Gasteiger partial charge in [-0.2, -0.15) is 0 Å². The van der Waals surface area contributed by atoms with Crippen molar-refractivity contribution in [3.8, 4) is 0 Å². The molecule has 6 heteroatoms. The van der Waals surface area contributed by atoms with Crippen molar-refractivity contribution in [2.45, 2.75) is 25.0 Å². The number of piperazine rings is 1. The molecule has 0 amide bonds. The highest BCUT2D eigenvalue weighted by Crippen LogP contribution is 2.43. The van der Waals surface area contributed by atoms with E-state index in [2.05, 4.69) is 82.6 Å². The van der Waals surface area contributed by atoms with Gasteiger partial charge in [-0.1, -0.05) is 120 Å². The van der Waals surface area contributed by atoms with Crippen LogP contribution < -0.4 is 0 Å². The third-order valence-corrected chi connectivity index (χ3v) is 8.23. The summed E-state index contributed by atoms with van der Waals surface area (Å²) in [5.74, 6) is -0.242. The second-order valence-electron chi connectivity index (χ2n) is 9.69. The van der Waals surface area contributed by atoms with E-state index >= 15 is 0 Å². The second kappa shape index (κ2) is 12.4. The average molecular weight is 560 g/mol. The first-order chi connectivity index (χ1) is 19.1.